The summed E-state index contributed by atoms with van der Waals surface area (Å²) in [6, 6.07) is 1.75. The first kappa shape index (κ1) is 14.7. The van der Waals surface area contributed by atoms with Crippen molar-refractivity contribution in [2.24, 2.45) is 0 Å². The number of rotatable bonds is 6. The molecule has 1 unspecified atom stereocenters. The summed E-state index contributed by atoms with van der Waals surface area (Å²) < 4.78 is 4.78. The van der Waals surface area contributed by atoms with Crippen molar-refractivity contribution in [2.45, 2.75) is 19.4 Å². The third-order valence-corrected chi connectivity index (χ3v) is 2.57. The highest BCUT2D eigenvalue weighted by Gasteiger charge is 2.19. The number of hydrogen-bond donors (Lipinski definition) is 1. The van der Waals surface area contributed by atoms with E-state index >= 15 is 0 Å². The largest absolute Gasteiger partial charge is 0.463 e. The summed E-state index contributed by atoms with van der Waals surface area (Å²) in [6.07, 6.45) is 2.71. The van der Waals surface area contributed by atoms with Gasteiger partial charge < -0.3 is 9.84 Å². The molecule has 0 aromatic carbocycles. The van der Waals surface area contributed by atoms with E-state index < -0.39 is 12.1 Å². The maximum absolute atomic E-state index is 11.4. The quantitative estimate of drug-likeness (QED) is 0.488. The van der Waals surface area contributed by atoms with Crippen LogP contribution in [-0.4, -0.2) is 28.5 Å². The fourth-order valence-electron chi connectivity index (χ4n) is 1.44. The van der Waals surface area contributed by atoms with Gasteiger partial charge >= 0.3 is 5.97 Å². The fraction of sp³-hybridized carbons (Fsp3) is 0.385. The van der Waals surface area contributed by atoms with Crippen LogP contribution >= 0.6 is 11.6 Å². The van der Waals surface area contributed by atoms with E-state index in [4.69, 9.17) is 16.3 Å². The number of aliphatic hydroxyl groups is 1. The average molecular weight is 270 g/mol. The van der Waals surface area contributed by atoms with Gasteiger partial charge in [0.1, 0.15) is 6.10 Å². The number of hydrogen-bond acceptors (Lipinski definition) is 4. The SMILES string of the molecule is C=C(C(=O)OCC)C(O)c1cncc(CCCl)c1. The van der Waals surface area contributed by atoms with Gasteiger partial charge in [0.25, 0.3) is 0 Å². The maximum Gasteiger partial charge on any atom is 0.336 e. The Balaban J connectivity index is 2.82. The molecule has 0 fully saturated rings. The third-order valence-electron chi connectivity index (χ3n) is 2.38. The zero-order valence-corrected chi connectivity index (χ0v) is 11.0. The number of aryl methyl sites for hydroxylation is 1. The lowest BCUT2D eigenvalue weighted by Crippen LogP contribution is -2.14. The lowest BCUT2D eigenvalue weighted by molar-refractivity contribution is -0.139. The number of ether oxygens (including phenoxy) is 1. The average Bonchev–Trinajstić information content (AvgIpc) is 2.38. The summed E-state index contributed by atoms with van der Waals surface area (Å²) in [6.45, 7) is 5.49. The van der Waals surface area contributed by atoms with Crippen molar-refractivity contribution in [3.8, 4) is 0 Å². The first-order valence-electron chi connectivity index (χ1n) is 5.64. The molecule has 1 rings (SSSR count). The molecule has 0 aliphatic heterocycles. The molecule has 5 heteroatoms. The van der Waals surface area contributed by atoms with Crippen molar-refractivity contribution in [2.75, 3.05) is 12.5 Å². The highest BCUT2D eigenvalue weighted by molar-refractivity contribution is 6.17. The molecule has 1 heterocycles. The van der Waals surface area contributed by atoms with Crippen LogP contribution in [0, 0.1) is 0 Å². The minimum absolute atomic E-state index is 0.00155. The molecule has 0 amide bonds. The van der Waals surface area contributed by atoms with E-state index in [1.54, 1.807) is 19.2 Å². The van der Waals surface area contributed by atoms with Gasteiger partial charge in [-0.3, -0.25) is 4.98 Å². The summed E-state index contributed by atoms with van der Waals surface area (Å²) in [5, 5.41) is 10.0. The Hall–Kier alpha value is -1.39. The maximum atomic E-state index is 11.4. The molecule has 0 bridgehead atoms. The van der Waals surface area contributed by atoms with E-state index in [0.717, 1.165) is 5.56 Å². The molecule has 0 radical (unpaired) electrons. The van der Waals surface area contributed by atoms with E-state index in [9.17, 15) is 9.90 Å². The highest BCUT2D eigenvalue weighted by Crippen LogP contribution is 2.21. The number of nitrogens with zero attached hydrogens (tertiary/aromatic N) is 1. The molecule has 0 saturated heterocycles. The molecule has 98 valence electrons. The Morgan fingerprint density at radius 1 is 1.61 bits per heavy atom. The number of carbonyl (C=O) groups is 1. The van der Waals surface area contributed by atoms with Gasteiger partial charge in [-0.05, 0) is 25.0 Å². The van der Waals surface area contributed by atoms with Crippen LogP contribution in [-0.2, 0) is 16.0 Å². The second-order valence-electron chi connectivity index (χ2n) is 3.71. The summed E-state index contributed by atoms with van der Waals surface area (Å²) >= 11 is 5.64. The van der Waals surface area contributed by atoms with Gasteiger partial charge in [0.2, 0.25) is 0 Å². The van der Waals surface area contributed by atoms with Crippen molar-refractivity contribution in [3.05, 3.63) is 41.7 Å². The van der Waals surface area contributed by atoms with Gasteiger partial charge in [-0.25, -0.2) is 4.79 Å². The molecule has 0 aliphatic rings. The number of aliphatic hydroxyl groups excluding tert-OH is 1. The lowest BCUT2D eigenvalue weighted by atomic mass is 10.0. The van der Waals surface area contributed by atoms with Gasteiger partial charge in [0.05, 0.1) is 12.2 Å². The van der Waals surface area contributed by atoms with Crippen LogP contribution < -0.4 is 0 Å². The van der Waals surface area contributed by atoms with E-state index in [-0.39, 0.29) is 12.2 Å². The molecule has 4 nitrogen and oxygen atoms in total. The zero-order valence-electron chi connectivity index (χ0n) is 10.2. The molecule has 18 heavy (non-hydrogen) atoms. The van der Waals surface area contributed by atoms with Crippen LogP contribution in [0.1, 0.15) is 24.2 Å². The van der Waals surface area contributed by atoms with E-state index in [1.807, 2.05) is 0 Å². The molecule has 1 aromatic rings. The molecule has 0 saturated carbocycles. The molecule has 0 spiro atoms. The number of esters is 1. The Labute approximate surface area is 111 Å². The van der Waals surface area contributed by atoms with Crippen molar-refractivity contribution < 1.29 is 14.6 Å². The molecular weight excluding hydrogens is 254 g/mol. The van der Waals surface area contributed by atoms with Crippen molar-refractivity contribution >= 4 is 17.6 Å². The van der Waals surface area contributed by atoms with Gasteiger partial charge in [-0.15, -0.1) is 11.6 Å². The molecule has 0 aliphatic carbocycles. The smallest absolute Gasteiger partial charge is 0.336 e. The van der Waals surface area contributed by atoms with Crippen LogP contribution in [0.5, 0.6) is 0 Å². The van der Waals surface area contributed by atoms with Gasteiger partial charge in [-0.2, -0.15) is 0 Å². The summed E-state index contributed by atoms with van der Waals surface area (Å²) in [7, 11) is 0. The van der Waals surface area contributed by atoms with E-state index in [0.29, 0.717) is 17.9 Å². The lowest BCUT2D eigenvalue weighted by Gasteiger charge is -2.13. The fourth-order valence-corrected chi connectivity index (χ4v) is 1.66. The monoisotopic (exact) mass is 269 g/mol. The zero-order chi connectivity index (χ0) is 13.5. The van der Waals surface area contributed by atoms with Crippen LogP contribution in [0.4, 0.5) is 0 Å². The first-order chi connectivity index (χ1) is 8.60. The second kappa shape index (κ2) is 7.13. The van der Waals surface area contributed by atoms with Crippen LogP contribution in [0.15, 0.2) is 30.6 Å². The van der Waals surface area contributed by atoms with Crippen molar-refractivity contribution in [3.63, 3.8) is 0 Å². The minimum atomic E-state index is -1.10. The number of halogens is 1. The predicted molar refractivity (Wildman–Crippen MR) is 69.4 cm³/mol. The first-order valence-corrected chi connectivity index (χ1v) is 6.17. The molecule has 1 N–H and O–H groups in total. The number of carbonyl (C=O) groups excluding carboxylic acids is 1. The number of aromatic nitrogens is 1. The summed E-state index contributed by atoms with van der Waals surface area (Å²) in [5.74, 6) is -0.132. The standard InChI is InChI=1S/C13H16ClNO3/c1-3-18-13(17)9(2)12(16)11-6-10(4-5-14)7-15-8-11/h6-8,12,16H,2-5H2,1H3. The molecule has 1 aromatic heterocycles. The number of pyridine rings is 1. The molecular formula is C13H16ClNO3. The van der Waals surface area contributed by atoms with Gasteiger partial charge in [0.15, 0.2) is 0 Å². The van der Waals surface area contributed by atoms with Crippen LogP contribution in [0.2, 0.25) is 0 Å². The van der Waals surface area contributed by atoms with E-state index in [2.05, 4.69) is 11.6 Å². The third kappa shape index (κ3) is 3.82. The summed E-state index contributed by atoms with van der Waals surface area (Å²) in [5.41, 5.74) is 1.41. The Kier molecular flexibility index (Phi) is 5.82. The number of alkyl halides is 1. The molecule has 1 atom stereocenters. The topological polar surface area (TPSA) is 59.4 Å². The Morgan fingerprint density at radius 3 is 2.94 bits per heavy atom. The highest BCUT2D eigenvalue weighted by atomic mass is 35.5. The minimum Gasteiger partial charge on any atom is -0.463 e. The predicted octanol–water partition coefficient (Wildman–Crippen LogP) is 2.02. The van der Waals surface area contributed by atoms with Gasteiger partial charge in [0, 0.05) is 23.8 Å². The van der Waals surface area contributed by atoms with Crippen molar-refractivity contribution in [1.82, 2.24) is 4.98 Å². The normalized spacial score (nSPS) is 11.9. The van der Waals surface area contributed by atoms with Crippen molar-refractivity contribution in [1.29, 1.82) is 0 Å². The Bertz CT molecular complexity index is 434. The Morgan fingerprint density at radius 2 is 2.33 bits per heavy atom. The second-order valence-corrected chi connectivity index (χ2v) is 4.09. The summed E-state index contributed by atoms with van der Waals surface area (Å²) in [4.78, 5) is 15.4. The van der Waals surface area contributed by atoms with Crippen LogP contribution in [0.25, 0.3) is 0 Å². The van der Waals surface area contributed by atoms with Gasteiger partial charge in [-0.1, -0.05) is 6.58 Å². The van der Waals surface area contributed by atoms with E-state index in [1.165, 1.54) is 6.20 Å². The van der Waals surface area contributed by atoms with Crippen LogP contribution in [0.3, 0.4) is 0 Å².